The fourth-order valence-electron chi connectivity index (χ4n) is 7.10. The number of nitrogens with one attached hydrogen (secondary N) is 1. The number of phenols is 4. The summed E-state index contributed by atoms with van der Waals surface area (Å²) in [4.78, 5) is 28.3. The molecule has 0 amide bonds. The highest BCUT2D eigenvalue weighted by Crippen LogP contribution is 2.43. The van der Waals surface area contributed by atoms with E-state index >= 15 is 0 Å². The molecule has 0 saturated heterocycles. The number of hydrogen-bond donors (Lipinski definition) is 5. The van der Waals surface area contributed by atoms with E-state index in [-0.39, 0.29) is 69.7 Å². The fraction of sp³-hybridized carbons (Fsp3) is 0.143. The summed E-state index contributed by atoms with van der Waals surface area (Å²) in [6, 6.07) is 27.7. The van der Waals surface area contributed by atoms with Gasteiger partial charge in [0, 0.05) is 40.6 Å². The van der Waals surface area contributed by atoms with Crippen LogP contribution in [-0.4, -0.2) is 37.0 Å². The summed E-state index contributed by atoms with van der Waals surface area (Å²) in [6.45, 7) is 6.07. The van der Waals surface area contributed by atoms with Crippen LogP contribution in [0.1, 0.15) is 68.1 Å². The number of hydrogen-bond acceptors (Lipinski definition) is 6. The van der Waals surface area contributed by atoms with Crippen molar-refractivity contribution in [2.45, 2.75) is 40.5 Å². The molecule has 1 heterocycles. The van der Waals surface area contributed by atoms with Gasteiger partial charge < -0.3 is 25.4 Å². The molecule has 7 heteroatoms. The second kappa shape index (κ2) is 11.9. The number of phenolic OH excluding ortho intramolecular Hbond substituents is 4. The lowest BCUT2D eigenvalue weighted by Gasteiger charge is -2.16. The number of carbonyl (C=O) groups is 2. The van der Waals surface area contributed by atoms with Crippen molar-refractivity contribution in [1.82, 2.24) is 4.98 Å². The average Bonchev–Trinajstić information content (AvgIpc) is 3.42. The van der Waals surface area contributed by atoms with Gasteiger partial charge in [-0.1, -0.05) is 60.7 Å². The molecule has 7 rings (SSSR count). The van der Waals surface area contributed by atoms with E-state index in [0.29, 0.717) is 22.4 Å². The molecule has 0 bridgehead atoms. The van der Waals surface area contributed by atoms with Crippen molar-refractivity contribution >= 4 is 44.0 Å². The lowest BCUT2D eigenvalue weighted by Crippen LogP contribution is -2.03. The SMILES string of the molecule is CC(=O)c1cc(C)c(O)c(Cc2[nH]c3cc(-c4c5ccccc5cc5ccccc45)ccc3c2Cc2c(O)c(C)cc(C(C)=O)c2O)c1O. The first kappa shape index (κ1) is 31.5. The predicted molar refractivity (Wildman–Crippen MR) is 193 cm³/mol. The number of aromatic nitrogens is 1. The lowest BCUT2D eigenvalue weighted by molar-refractivity contribution is 0.100. The minimum absolute atomic E-state index is 0.0169. The zero-order chi connectivity index (χ0) is 34.7. The zero-order valence-corrected chi connectivity index (χ0v) is 27.6. The summed E-state index contributed by atoms with van der Waals surface area (Å²) in [5.41, 5.74) is 5.59. The molecule has 0 fully saturated rings. The van der Waals surface area contributed by atoms with E-state index in [1.165, 1.54) is 26.0 Å². The molecule has 7 aromatic rings. The third kappa shape index (κ3) is 5.24. The summed E-state index contributed by atoms with van der Waals surface area (Å²) in [5, 5.41) is 49.9. The largest absolute Gasteiger partial charge is 0.507 e. The van der Waals surface area contributed by atoms with Crippen molar-refractivity contribution in [1.29, 1.82) is 0 Å². The van der Waals surface area contributed by atoms with Crippen molar-refractivity contribution in [3.8, 4) is 34.1 Å². The number of Topliss-reactive ketones (excluding diaryl/α,β-unsaturated/α-hetero) is 2. The number of rotatable bonds is 7. The van der Waals surface area contributed by atoms with E-state index in [4.69, 9.17) is 0 Å². The van der Waals surface area contributed by atoms with Crippen molar-refractivity contribution < 1.29 is 30.0 Å². The number of H-pyrrole nitrogens is 1. The lowest BCUT2D eigenvalue weighted by atomic mass is 9.90. The van der Waals surface area contributed by atoms with Gasteiger partial charge in [-0.3, -0.25) is 9.59 Å². The first-order valence-electron chi connectivity index (χ1n) is 16.1. The first-order chi connectivity index (χ1) is 23.4. The van der Waals surface area contributed by atoms with Gasteiger partial charge in [0.15, 0.2) is 11.6 Å². The minimum atomic E-state index is -0.336. The van der Waals surface area contributed by atoms with Crippen LogP contribution in [0, 0.1) is 13.8 Å². The van der Waals surface area contributed by atoms with E-state index < -0.39 is 0 Å². The number of aryl methyl sites for hydroxylation is 2. The number of aromatic amines is 1. The van der Waals surface area contributed by atoms with Crippen molar-refractivity contribution in [3.05, 3.63) is 130 Å². The van der Waals surface area contributed by atoms with E-state index in [1.54, 1.807) is 13.8 Å². The molecule has 49 heavy (non-hydrogen) atoms. The minimum Gasteiger partial charge on any atom is -0.507 e. The van der Waals surface area contributed by atoms with Crippen LogP contribution in [0.5, 0.6) is 23.0 Å². The van der Waals surface area contributed by atoms with Gasteiger partial charge in [0.1, 0.15) is 23.0 Å². The number of ketones is 2. The molecule has 0 spiro atoms. The van der Waals surface area contributed by atoms with Gasteiger partial charge in [-0.15, -0.1) is 0 Å². The molecule has 0 aliphatic rings. The van der Waals surface area contributed by atoms with E-state index in [9.17, 15) is 30.0 Å². The summed E-state index contributed by atoms with van der Waals surface area (Å²) in [6.07, 6.45) is 0.0570. The number of fused-ring (bicyclic) bond motifs is 3. The summed E-state index contributed by atoms with van der Waals surface area (Å²) >= 11 is 0. The first-order valence-corrected chi connectivity index (χ1v) is 16.1. The van der Waals surface area contributed by atoms with Gasteiger partial charge >= 0.3 is 0 Å². The molecular weight excluding hydrogens is 614 g/mol. The van der Waals surface area contributed by atoms with Crippen molar-refractivity contribution in [2.75, 3.05) is 0 Å². The highest BCUT2D eigenvalue weighted by atomic mass is 16.3. The van der Waals surface area contributed by atoms with Gasteiger partial charge in [0.2, 0.25) is 0 Å². The Kier molecular flexibility index (Phi) is 7.63. The molecule has 0 saturated carbocycles. The van der Waals surface area contributed by atoms with Crippen LogP contribution in [0.15, 0.2) is 84.9 Å². The Balaban J connectivity index is 1.48. The summed E-state index contributed by atoms with van der Waals surface area (Å²) in [5.74, 6) is -1.52. The van der Waals surface area contributed by atoms with Crippen molar-refractivity contribution in [2.24, 2.45) is 0 Å². The van der Waals surface area contributed by atoms with Crippen LogP contribution in [0.25, 0.3) is 43.6 Å². The second-order valence-electron chi connectivity index (χ2n) is 12.8. The predicted octanol–water partition coefficient (Wildman–Crippen LogP) is 9.17. The van der Waals surface area contributed by atoms with Crippen molar-refractivity contribution in [3.63, 3.8) is 0 Å². The van der Waals surface area contributed by atoms with Crippen LogP contribution in [0.2, 0.25) is 0 Å². The van der Waals surface area contributed by atoms with Gasteiger partial charge in [0.25, 0.3) is 0 Å². The summed E-state index contributed by atoms with van der Waals surface area (Å²) in [7, 11) is 0. The maximum atomic E-state index is 12.4. The molecule has 0 unspecified atom stereocenters. The molecule has 0 radical (unpaired) electrons. The summed E-state index contributed by atoms with van der Waals surface area (Å²) < 4.78 is 0. The topological polar surface area (TPSA) is 131 Å². The van der Waals surface area contributed by atoms with Crippen LogP contribution in [0.3, 0.4) is 0 Å². The number of carbonyl (C=O) groups excluding carboxylic acids is 2. The molecule has 244 valence electrons. The molecule has 5 N–H and O–H groups in total. The molecule has 0 aliphatic carbocycles. The Morgan fingerprint density at radius 3 is 1.61 bits per heavy atom. The highest BCUT2D eigenvalue weighted by molar-refractivity contribution is 6.13. The van der Waals surface area contributed by atoms with Crippen LogP contribution in [0.4, 0.5) is 0 Å². The second-order valence-corrected chi connectivity index (χ2v) is 12.8. The maximum absolute atomic E-state index is 12.4. The third-order valence-electron chi connectivity index (χ3n) is 9.64. The van der Waals surface area contributed by atoms with Crippen LogP contribution < -0.4 is 0 Å². The molecule has 6 aromatic carbocycles. The average molecular weight is 650 g/mol. The van der Waals surface area contributed by atoms with Gasteiger partial charge in [-0.2, -0.15) is 0 Å². The maximum Gasteiger partial charge on any atom is 0.163 e. The Morgan fingerprint density at radius 1 is 0.571 bits per heavy atom. The number of aromatic hydroxyl groups is 4. The van der Waals surface area contributed by atoms with E-state index in [0.717, 1.165) is 43.6 Å². The number of benzene rings is 6. The molecular formula is C42H35NO6. The Bertz CT molecular complexity index is 2470. The quantitative estimate of drug-likeness (QED) is 0.0865. The molecule has 7 nitrogen and oxygen atoms in total. The zero-order valence-electron chi connectivity index (χ0n) is 27.6. The monoisotopic (exact) mass is 649 g/mol. The van der Waals surface area contributed by atoms with E-state index in [2.05, 4.69) is 41.4 Å². The van der Waals surface area contributed by atoms with E-state index in [1.807, 2.05) is 36.4 Å². The highest BCUT2D eigenvalue weighted by Gasteiger charge is 2.25. The normalized spacial score (nSPS) is 11.5. The standard InChI is InChI=1S/C42H35NO6/c1-21-15-31(23(3)44)41(48)34(39(21)46)19-33-30-14-13-27(38-28-11-7-5-9-25(28)17-26-10-6-8-12-29(26)38)18-36(30)43-37(33)20-35-40(47)22(2)16-32(24(4)45)42(35)49/h5-18,43,46-49H,19-20H2,1-4H3. The van der Waals surface area contributed by atoms with Gasteiger partial charge in [-0.05, 0) is 101 Å². The smallest absolute Gasteiger partial charge is 0.163 e. The molecule has 1 aromatic heterocycles. The Morgan fingerprint density at radius 2 is 1.08 bits per heavy atom. The Hall–Kier alpha value is -6.08. The molecule has 0 aliphatic heterocycles. The molecule has 0 atom stereocenters. The van der Waals surface area contributed by atoms with Crippen LogP contribution >= 0.6 is 0 Å². The van der Waals surface area contributed by atoms with Gasteiger partial charge in [-0.25, -0.2) is 0 Å². The van der Waals surface area contributed by atoms with Gasteiger partial charge in [0.05, 0.1) is 11.1 Å². The third-order valence-corrected chi connectivity index (χ3v) is 9.64. The van der Waals surface area contributed by atoms with Crippen LogP contribution in [-0.2, 0) is 12.8 Å². The Labute approximate surface area is 282 Å². The fourth-order valence-corrected chi connectivity index (χ4v) is 7.10.